The third-order valence-electron chi connectivity index (χ3n) is 1.96. The third kappa shape index (κ3) is 2.72. The quantitative estimate of drug-likeness (QED) is 0.895. The van der Waals surface area contributed by atoms with Crippen LogP contribution in [0.2, 0.25) is 0 Å². The zero-order valence-electron chi connectivity index (χ0n) is 9.71. The number of hydrogen-bond donors (Lipinski definition) is 1. The second-order valence-corrected chi connectivity index (χ2v) is 3.97. The van der Waals surface area contributed by atoms with Gasteiger partial charge in [-0.25, -0.2) is 4.98 Å². The van der Waals surface area contributed by atoms with Crippen LogP contribution in [0, 0.1) is 0 Å². The first-order chi connectivity index (χ1) is 8.72. The highest BCUT2D eigenvalue weighted by Gasteiger charge is 2.13. The van der Waals surface area contributed by atoms with Crippen LogP contribution < -0.4 is 14.8 Å². The normalized spacial score (nSPS) is 9.89. The lowest BCUT2D eigenvalue weighted by Gasteiger charge is -2.05. The van der Waals surface area contributed by atoms with E-state index in [-0.39, 0.29) is 17.6 Å². The summed E-state index contributed by atoms with van der Waals surface area (Å²) in [5.41, 5.74) is 0.147. The van der Waals surface area contributed by atoms with Gasteiger partial charge in [0.1, 0.15) is 5.69 Å². The second-order valence-electron chi connectivity index (χ2n) is 3.07. The van der Waals surface area contributed by atoms with E-state index < -0.39 is 5.91 Å². The van der Waals surface area contributed by atoms with Crippen molar-refractivity contribution in [3.63, 3.8) is 0 Å². The summed E-state index contributed by atoms with van der Waals surface area (Å²) < 4.78 is 9.85. The van der Waals surface area contributed by atoms with Gasteiger partial charge in [-0.3, -0.25) is 10.1 Å². The summed E-state index contributed by atoms with van der Waals surface area (Å²) in [4.78, 5) is 23.7. The Balaban J connectivity index is 2.23. The van der Waals surface area contributed by atoms with Crippen molar-refractivity contribution in [3.05, 3.63) is 23.3 Å². The summed E-state index contributed by atoms with van der Waals surface area (Å²) in [6.45, 7) is 0. The SMILES string of the molecule is COc1cc(C(=O)Nc2nccs2)nc(OC)n1. The van der Waals surface area contributed by atoms with E-state index in [1.165, 1.54) is 31.6 Å². The zero-order valence-corrected chi connectivity index (χ0v) is 10.5. The van der Waals surface area contributed by atoms with Gasteiger partial charge in [0.05, 0.1) is 14.2 Å². The van der Waals surface area contributed by atoms with Crippen molar-refractivity contribution in [2.75, 3.05) is 19.5 Å². The molecule has 0 aliphatic carbocycles. The molecular weight excluding hydrogens is 256 g/mol. The largest absolute Gasteiger partial charge is 0.481 e. The highest BCUT2D eigenvalue weighted by molar-refractivity contribution is 7.13. The Morgan fingerprint density at radius 2 is 2.17 bits per heavy atom. The van der Waals surface area contributed by atoms with Crippen LogP contribution in [0.15, 0.2) is 17.6 Å². The molecule has 0 aliphatic rings. The molecule has 0 spiro atoms. The van der Waals surface area contributed by atoms with Crippen LogP contribution in [-0.4, -0.2) is 35.1 Å². The molecule has 0 saturated carbocycles. The Kier molecular flexibility index (Phi) is 3.68. The van der Waals surface area contributed by atoms with Crippen LogP contribution in [-0.2, 0) is 0 Å². The molecule has 0 aliphatic heterocycles. The Labute approximate surface area is 107 Å². The minimum absolute atomic E-state index is 0.0682. The maximum atomic E-state index is 11.9. The lowest BCUT2D eigenvalue weighted by molar-refractivity contribution is 0.102. The molecule has 8 heteroatoms. The van der Waals surface area contributed by atoms with E-state index in [0.29, 0.717) is 5.13 Å². The fourth-order valence-corrected chi connectivity index (χ4v) is 1.69. The van der Waals surface area contributed by atoms with E-state index in [4.69, 9.17) is 9.47 Å². The summed E-state index contributed by atoms with van der Waals surface area (Å²) in [5, 5.41) is 4.87. The third-order valence-corrected chi connectivity index (χ3v) is 2.65. The molecule has 0 unspecified atom stereocenters. The summed E-state index contributed by atoms with van der Waals surface area (Å²) in [5.74, 6) is -0.143. The predicted octanol–water partition coefficient (Wildman–Crippen LogP) is 1.20. The molecule has 0 radical (unpaired) electrons. The number of amides is 1. The molecule has 2 rings (SSSR count). The summed E-state index contributed by atoms with van der Waals surface area (Å²) in [7, 11) is 2.86. The number of aromatic nitrogens is 3. The maximum Gasteiger partial charge on any atom is 0.320 e. The Hall–Kier alpha value is -2.22. The van der Waals surface area contributed by atoms with Gasteiger partial charge in [0, 0.05) is 17.6 Å². The van der Waals surface area contributed by atoms with Gasteiger partial charge in [-0.2, -0.15) is 9.97 Å². The number of hydrogen-bond acceptors (Lipinski definition) is 7. The van der Waals surface area contributed by atoms with Gasteiger partial charge in [-0.1, -0.05) is 0 Å². The molecular formula is C10H10N4O3S. The molecule has 94 valence electrons. The smallest absolute Gasteiger partial charge is 0.320 e. The number of rotatable bonds is 4. The number of methoxy groups -OCH3 is 2. The first-order valence-electron chi connectivity index (χ1n) is 4.91. The fourth-order valence-electron chi connectivity index (χ4n) is 1.16. The first-order valence-corrected chi connectivity index (χ1v) is 5.79. The first kappa shape index (κ1) is 12.2. The predicted molar refractivity (Wildman–Crippen MR) is 65.2 cm³/mol. The van der Waals surface area contributed by atoms with E-state index >= 15 is 0 Å². The molecule has 1 amide bonds. The minimum Gasteiger partial charge on any atom is -0.481 e. The lowest BCUT2D eigenvalue weighted by atomic mass is 10.4. The molecule has 2 heterocycles. The number of thiazole rings is 1. The Morgan fingerprint density at radius 3 is 2.78 bits per heavy atom. The van der Waals surface area contributed by atoms with Crippen molar-refractivity contribution in [3.8, 4) is 11.9 Å². The van der Waals surface area contributed by atoms with Gasteiger partial charge in [-0.05, 0) is 0 Å². The van der Waals surface area contributed by atoms with E-state index in [1.807, 2.05) is 0 Å². The standard InChI is InChI=1S/C10H10N4O3S/c1-16-7-5-6(12-9(13-7)17-2)8(15)14-10-11-3-4-18-10/h3-5H,1-2H3,(H,11,14,15). The van der Waals surface area contributed by atoms with Gasteiger partial charge in [0.25, 0.3) is 5.91 Å². The Bertz CT molecular complexity index is 522. The average molecular weight is 266 g/mol. The molecule has 0 saturated heterocycles. The second kappa shape index (κ2) is 5.41. The van der Waals surface area contributed by atoms with Crippen LogP contribution in [0.25, 0.3) is 0 Å². The highest BCUT2D eigenvalue weighted by Crippen LogP contribution is 2.16. The van der Waals surface area contributed by atoms with E-state index in [2.05, 4.69) is 20.3 Å². The summed E-state index contributed by atoms with van der Waals surface area (Å²) in [6, 6.07) is 1.49. The zero-order chi connectivity index (χ0) is 13.0. The molecule has 2 aromatic heterocycles. The number of ether oxygens (including phenoxy) is 2. The van der Waals surface area contributed by atoms with Crippen molar-refractivity contribution in [1.82, 2.24) is 15.0 Å². The van der Waals surface area contributed by atoms with Gasteiger partial charge in [0.15, 0.2) is 5.13 Å². The molecule has 7 nitrogen and oxygen atoms in total. The summed E-state index contributed by atoms with van der Waals surface area (Å²) in [6.07, 6.45) is 1.60. The fraction of sp³-hybridized carbons (Fsp3) is 0.200. The monoisotopic (exact) mass is 266 g/mol. The number of anilines is 1. The molecule has 0 bridgehead atoms. The average Bonchev–Trinajstić information content (AvgIpc) is 2.90. The van der Waals surface area contributed by atoms with Crippen molar-refractivity contribution in [2.45, 2.75) is 0 Å². The van der Waals surface area contributed by atoms with E-state index in [0.717, 1.165) is 0 Å². The molecule has 0 atom stereocenters. The molecule has 18 heavy (non-hydrogen) atoms. The number of nitrogens with one attached hydrogen (secondary N) is 1. The van der Waals surface area contributed by atoms with Crippen LogP contribution >= 0.6 is 11.3 Å². The van der Waals surface area contributed by atoms with Gasteiger partial charge >= 0.3 is 6.01 Å². The lowest BCUT2D eigenvalue weighted by Crippen LogP contribution is -2.14. The number of carbonyl (C=O) groups is 1. The minimum atomic E-state index is -0.399. The van der Waals surface area contributed by atoms with Crippen LogP contribution in [0.1, 0.15) is 10.5 Å². The van der Waals surface area contributed by atoms with Crippen LogP contribution in [0.4, 0.5) is 5.13 Å². The molecule has 2 aromatic rings. The van der Waals surface area contributed by atoms with Gasteiger partial charge in [0.2, 0.25) is 5.88 Å². The molecule has 1 N–H and O–H groups in total. The summed E-state index contributed by atoms with van der Waals surface area (Å²) >= 11 is 1.32. The van der Waals surface area contributed by atoms with Crippen LogP contribution in [0.5, 0.6) is 11.9 Å². The van der Waals surface area contributed by atoms with E-state index in [9.17, 15) is 4.79 Å². The van der Waals surface area contributed by atoms with Crippen molar-refractivity contribution >= 4 is 22.4 Å². The van der Waals surface area contributed by atoms with Crippen molar-refractivity contribution in [1.29, 1.82) is 0 Å². The highest BCUT2D eigenvalue weighted by atomic mass is 32.1. The van der Waals surface area contributed by atoms with Gasteiger partial charge in [-0.15, -0.1) is 11.3 Å². The number of carbonyl (C=O) groups excluding carboxylic acids is 1. The molecule has 0 fully saturated rings. The van der Waals surface area contributed by atoms with Gasteiger partial charge < -0.3 is 9.47 Å². The van der Waals surface area contributed by atoms with Crippen molar-refractivity contribution < 1.29 is 14.3 Å². The van der Waals surface area contributed by atoms with Crippen molar-refractivity contribution in [2.24, 2.45) is 0 Å². The maximum absolute atomic E-state index is 11.9. The topological polar surface area (TPSA) is 86.2 Å². The van der Waals surface area contributed by atoms with E-state index in [1.54, 1.807) is 11.6 Å². The molecule has 0 aromatic carbocycles. The number of nitrogens with zero attached hydrogens (tertiary/aromatic N) is 3. The van der Waals surface area contributed by atoms with Crippen LogP contribution in [0.3, 0.4) is 0 Å². The Morgan fingerprint density at radius 1 is 1.33 bits per heavy atom.